The first-order valence-corrected chi connectivity index (χ1v) is 6.39. The minimum absolute atomic E-state index is 0.368. The number of ether oxygens (including phenoxy) is 1. The van der Waals surface area contributed by atoms with Gasteiger partial charge < -0.3 is 4.74 Å². The van der Waals surface area contributed by atoms with E-state index in [9.17, 15) is 4.79 Å². The molecular formula is C15H11ClO2S. The highest BCUT2D eigenvalue weighted by atomic mass is 35.5. The van der Waals surface area contributed by atoms with Crippen molar-refractivity contribution in [3.05, 3.63) is 58.6 Å². The summed E-state index contributed by atoms with van der Waals surface area (Å²) in [5.74, 6) is 0. The van der Waals surface area contributed by atoms with E-state index < -0.39 is 0 Å². The highest BCUT2D eigenvalue weighted by Crippen LogP contribution is 2.33. The second-order valence-electron chi connectivity index (χ2n) is 3.86. The van der Waals surface area contributed by atoms with E-state index in [-0.39, 0.29) is 0 Å². The number of methoxy groups -OCH3 is 1. The SMILES string of the molecule is COC(=S)c1ccccc1-c1c(Cl)cccc1C=O. The van der Waals surface area contributed by atoms with E-state index in [2.05, 4.69) is 0 Å². The third kappa shape index (κ3) is 2.67. The van der Waals surface area contributed by atoms with Crippen molar-refractivity contribution in [1.82, 2.24) is 0 Å². The predicted octanol–water partition coefficient (Wildman–Crippen LogP) is 4.14. The first-order chi connectivity index (χ1) is 9.19. The van der Waals surface area contributed by atoms with Gasteiger partial charge in [0.05, 0.1) is 7.11 Å². The van der Waals surface area contributed by atoms with Crippen LogP contribution >= 0.6 is 23.8 Å². The Balaban J connectivity index is 2.73. The summed E-state index contributed by atoms with van der Waals surface area (Å²) in [4.78, 5) is 11.2. The quantitative estimate of drug-likeness (QED) is 0.628. The molecule has 96 valence electrons. The van der Waals surface area contributed by atoms with E-state index in [1.807, 2.05) is 24.3 Å². The molecule has 2 rings (SSSR count). The maximum Gasteiger partial charge on any atom is 0.191 e. The molecule has 4 heteroatoms. The van der Waals surface area contributed by atoms with Crippen LogP contribution in [0.5, 0.6) is 0 Å². The van der Waals surface area contributed by atoms with Crippen molar-refractivity contribution in [2.45, 2.75) is 0 Å². The van der Waals surface area contributed by atoms with E-state index in [0.29, 0.717) is 21.2 Å². The largest absolute Gasteiger partial charge is 0.486 e. The molecule has 0 heterocycles. The van der Waals surface area contributed by atoms with Gasteiger partial charge in [-0.05, 0) is 29.9 Å². The Hall–Kier alpha value is -1.71. The van der Waals surface area contributed by atoms with E-state index >= 15 is 0 Å². The number of rotatable bonds is 3. The van der Waals surface area contributed by atoms with Gasteiger partial charge in [-0.1, -0.05) is 41.9 Å². The van der Waals surface area contributed by atoms with Gasteiger partial charge in [-0.25, -0.2) is 0 Å². The fourth-order valence-electron chi connectivity index (χ4n) is 1.91. The molecule has 0 saturated heterocycles. The zero-order valence-corrected chi connectivity index (χ0v) is 11.8. The summed E-state index contributed by atoms with van der Waals surface area (Å²) in [7, 11) is 1.52. The Bertz CT molecular complexity index is 638. The third-order valence-electron chi connectivity index (χ3n) is 2.77. The van der Waals surface area contributed by atoms with Crippen LogP contribution in [0.3, 0.4) is 0 Å². The van der Waals surface area contributed by atoms with Crippen molar-refractivity contribution >= 4 is 35.2 Å². The number of aldehydes is 1. The van der Waals surface area contributed by atoms with Crippen molar-refractivity contribution in [3.8, 4) is 11.1 Å². The third-order valence-corrected chi connectivity index (χ3v) is 3.48. The fourth-order valence-corrected chi connectivity index (χ4v) is 2.37. The Morgan fingerprint density at radius 2 is 1.95 bits per heavy atom. The number of halogens is 1. The molecule has 0 fully saturated rings. The Morgan fingerprint density at radius 1 is 1.21 bits per heavy atom. The van der Waals surface area contributed by atoms with Crippen molar-refractivity contribution in [1.29, 1.82) is 0 Å². The van der Waals surface area contributed by atoms with Crippen molar-refractivity contribution in [3.63, 3.8) is 0 Å². The summed E-state index contributed by atoms with van der Waals surface area (Å²) >= 11 is 11.4. The molecule has 0 aromatic heterocycles. The highest BCUT2D eigenvalue weighted by Gasteiger charge is 2.15. The summed E-state index contributed by atoms with van der Waals surface area (Å²) < 4.78 is 5.11. The first-order valence-electron chi connectivity index (χ1n) is 5.60. The average Bonchev–Trinajstić information content (AvgIpc) is 2.46. The van der Waals surface area contributed by atoms with Crippen molar-refractivity contribution < 1.29 is 9.53 Å². The maximum absolute atomic E-state index is 11.2. The van der Waals surface area contributed by atoms with E-state index in [4.69, 9.17) is 28.6 Å². The lowest BCUT2D eigenvalue weighted by molar-refractivity contribution is 0.112. The predicted molar refractivity (Wildman–Crippen MR) is 81.0 cm³/mol. The zero-order chi connectivity index (χ0) is 13.8. The van der Waals surface area contributed by atoms with Crippen LogP contribution < -0.4 is 0 Å². The lowest BCUT2D eigenvalue weighted by atomic mass is 9.96. The van der Waals surface area contributed by atoms with Gasteiger partial charge >= 0.3 is 0 Å². The van der Waals surface area contributed by atoms with Crippen LogP contribution in [0.25, 0.3) is 11.1 Å². The highest BCUT2D eigenvalue weighted by molar-refractivity contribution is 7.80. The Labute approximate surface area is 122 Å². The van der Waals surface area contributed by atoms with Crippen LogP contribution in [-0.4, -0.2) is 18.4 Å². The molecule has 2 nitrogen and oxygen atoms in total. The summed E-state index contributed by atoms with van der Waals surface area (Å²) in [5.41, 5.74) is 2.74. The van der Waals surface area contributed by atoms with Crippen LogP contribution in [0, 0.1) is 0 Å². The molecule has 0 bridgehead atoms. The monoisotopic (exact) mass is 290 g/mol. The number of hydrogen-bond donors (Lipinski definition) is 0. The Morgan fingerprint density at radius 3 is 2.63 bits per heavy atom. The second kappa shape index (κ2) is 5.95. The molecule has 0 aliphatic heterocycles. The van der Waals surface area contributed by atoms with Gasteiger partial charge in [-0.15, -0.1) is 0 Å². The van der Waals surface area contributed by atoms with Crippen LogP contribution in [0.15, 0.2) is 42.5 Å². The average molecular weight is 291 g/mol. The van der Waals surface area contributed by atoms with E-state index in [1.54, 1.807) is 18.2 Å². The van der Waals surface area contributed by atoms with Gasteiger partial charge in [0.1, 0.15) is 0 Å². The first kappa shape index (κ1) is 13.7. The minimum atomic E-state index is 0.368. The number of carbonyl (C=O) groups excluding carboxylic acids is 1. The van der Waals surface area contributed by atoms with Gasteiger partial charge in [-0.2, -0.15) is 0 Å². The standard InChI is InChI=1S/C15H11ClO2S/c1-18-15(19)12-7-3-2-6-11(12)14-10(9-17)5-4-8-13(14)16/h2-9H,1H3. The van der Waals surface area contributed by atoms with Gasteiger partial charge in [0.15, 0.2) is 11.3 Å². The van der Waals surface area contributed by atoms with E-state index in [0.717, 1.165) is 17.4 Å². The molecule has 0 radical (unpaired) electrons. The molecule has 0 atom stereocenters. The van der Waals surface area contributed by atoms with Crippen LogP contribution in [0.1, 0.15) is 15.9 Å². The number of thiocarbonyl (C=S) groups is 1. The molecule has 2 aromatic rings. The number of hydrogen-bond acceptors (Lipinski definition) is 3. The molecule has 2 aromatic carbocycles. The lowest BCUT2D eigenvalue weighted by Crippen LogP contribution is -2.03. The van der Waals surface area contributed by atoms with Crippen molar-refractivity contribution in [2.75, 3.05) is 7.11 Å². The van der Waals surface area contributed by atoms with Gasteiger partial charge in [0.25, 0.3) is 0 Å². The fraction of sp³-hybridized carbons (Fsp3) is 0.0667. The summed E-state index contributed by atoms with van der Waals surface area (Å²) in [6.07, 6.45) is 0.786. The molecule has 0 saturated carbocycles. The summed E-state index contributed by atoms with van der Waals surface area (Å²) in [5, 5.41) is 0.878. The number of benzene rings is 2. The van der Waals surface area contributed by atoms with Crippen LogP contribution in [0.4, 0.5) is 0 Å². The smallest absolute Gasteiger partial charge is 0.191 e. The normalized spacial score (nSPS) is 10.0. The van der Waals surface area contributed by atoms with Gasteiger partial charge in [0.2, 0.25) is 0 Å². The molecule has 0 N–H and O–H groups in total. The molecular weight excluding hydrogens is 280 g/mol. The maximum atomic E-state index is 11.2. The molecule has 0 aliphatic rings. The van der Waals surface area contributed by atoms with Gasteiger partial charge in [0, 0.05) is 21.7 Å². The van der Waals surface area contributed by atoms with Crippen molar-refractivity contribution in [2.24, 2.45) is 0 Å². The van der Waals surface area contributed by atoms with Gasteiger partial charge in [-0.3, -0.25) is 4.79 Å². The molecule has 0 amide bonds. The van der Waals surface area contributed by atoms with Crippen LogP contribution in [0.2, 0.25) is 5.02 Å². The topological polar surface area (TPSA) is 26.3 Å². The molecule has 0 aliphatic carbocycles. The molecule has 19 heavy (non-hydrogen) atoms. The lowest BCUT2D eigenvalue weighted by Gasteiger charge is -2.13. The second-order valence-corrected chi connectivity index (χ2v) is 4.64. The summed E-state index contributed by atoms with van der Waals surface area (Å²) in [6.45, 7) is 0. The zero-order valence-electron chi connectivity index (χ0n) is 10.2. The summed E-state index contributed by atoms with van der Waals surface area (Å²) in [6, 6.07) is 12.7. The Kier molecular flexibility index (Phi) is 4.30. The number of carbonyl (C=O) groups is 1. The molecule has 0 spiro atoms. The van der Waals surface area contributed by atoms with Crippen LogP contribution in [-0.2, 0) is 4.74 Å². The molecule has 0 unspecified atom stereocenters. The minimum Gasteiger partial charge on any atom is -0.486 e. The van der Waals surface area contributed by atoms with E-state index in [1.165, 1.54) is 7.11 Å².